The Hall–Kier alpha value is -0.610. The zero-order chi connectivity index (χ0) is 13.1. The SMILES string of the molecule is Cc1cc(NC(C)C2CCCN(C)C2)cnc1Br. The largest absolute Gasteiger partial charge is 0.381 e. The van der Waals surface area contributed by atoms with Gasteiger partial charge in [-0.25, -0.2) is 4.98 Å². The van der Waals surface area contributed by atoms with Crippen molar-refractivity contribution >= 4 is 21.6 Å². The summed E-state index contributed by atoms with van der Waals surface area (Å²) in [6.07, 6.45) is 4.53. The Morgan fingerprint density at radius 3 is 3.00 bits per heavy atom. The molecule has 2 heterocycles. The fourth-order valence-electron chi connectivity index (χ4n) is 2.63. The molecule has 0 amide bonds. The van der Waals surface area contributed by atoms with Crippen molar-refractivity contribution in [1.82, 2.24) is 9.88 Å². The maximum absolute atomic E-state index is 4.34. The van der Waals surface area contributed by atoms with Gasteiger partial charge in [0.1, 0.15) is 4.60 Å². The second-order valence-electron chi connectivity index (χ2n) is 5.43. The molecule has 0 radical (unpaired) electrons. The molecule has 0 bridgehead atoms. The molecule has 1 aromatic heterocycles. The summed E-state index contributed by atoms with van der Waals surface area (Å²) in [5.41, 5.74) is 2.30. The molecule has 1 aliphatic rings. The number of hydrogen-bond acceptors (Lipinski definition) is 3. The normalized spacial score (nSPS) is 22.8. The van der Waals surface area contributed by atoms with E-state index in [-0.39, 0.29) is 0 Å². The highest BCUT2D eigenvalue weighted by Crippen LogP contribution is 2.23. The Balaban J connectivity index is 1.97. The van der Waals surface area contributed by atoms with Gasteiger partial charge in [-0.05, 0) is 73.8 Å². The molecule has 2 rings (SSSR count). The van der Waals surface area contributed by atoms with Gasteiger partial charge in [0.2, 0.25) is 0 Å². The maximum atomic E-state index is 4.34. The Morgan fingerprint density at radius 2 is 2.33 bits per heavy atom. The van der Waals surface area contributed by atoms with E-state index < -0.39 is 0 Å². The van der Waals surface area contributed by atoms with Crippen LogP contribution in [0.3, 0.4) is 0 Å². The van der Waals surface area contributed by atoms with E-state index in [2.05, 4.69) is 58.1 Å². The van der Waals surface area contributed by atoms with Crippen LogP contribution >= 0.6 is 15.9 Å². The highest BCUT2D eigenvalue weighted by atomic mass is 79.9. The van der Waals surface area contributed by atoms with Gasteiger partial charge in [-0.3, -0.25) is 0 Å². The minimum atomic E-state index is 0.495. The third kappa shape index (κ3) is 3.45. The molecule has 0 spiro atoms. The van der Waals surface area contributed by atoms with Crippen molar-refractivity contribution in [2.24, 2.45) is 5.92 Å². The smallest absolute Gasteiger partial charge is 0.109 e. The van der Waals surface area contributed by atoms with Gasteiger partial charge < -0.3 is 10.2 Å². The lowest BCUT2D eigenvalue weighted by Crippen LogP contribution is -2.39. The molecule has 3 nitrogen and oxygen atoms in total. The van der Waals surface area contributed by atoms with Crippen LogP contribution < -0.4 is 5.32 Å². The first-order chi connectivity index (χ1) is 8.56. The number of rotatable bonds is 3. The maximum Gasteiger partial charge on any atom is 0.109 e. The molecule has 1 N–H and O–H groups in total. The Bertz CT molecular complexity index is 408. The number of piperidine rings is 1. The number of anilines is 1. The second-order valence-corrected chi connectivity index (χ2v) is 6.18. The van der Waals surface area contributed by atoms with Crippen LogP contribution in [0.5, 0.6) is 0 Å². The first-order valence-corrected chi connectivity index (χ1v) is 7.43. The van der Waals surface area contributed by atoms with Crippen molar-refractivity contribution in [2.75, 3.05) is 25.5 Å². The molecule has 100 valence electrons. The fourth-order valence-corrected chi connectivity index (χ4v) is 2.85. The third-order valence-electron chi connectivity index (χ3n) is 3.78. The van der Waals surface area contributed by atoms with Gasteiger partial charge in [-0.1, -0.05) is 0 Å². The molecular formula is C14H22BrN3. The number of likely N-dealkylation sites (tertiary alicyclic amines) is 1. The average molecular weight is 312 g/mol. The molecule has 1 saturated heterocycles. The summed E-state index contributed by atoms with van der Waals surface area (Å²) < 4.78 is 0.929. The number of aromatic nitrogens is 1. The summed E-state index contributed by atoms with van der Waals surface area (Å²) in [7, 11) is 2.21. The molecule has 18 heavy (non-hydrogen) atoms. The van der Waals surface area contributed by atoms with Crippen LogP contribution in [-0.2, 0) is 0 Å². The van der Waals surface area contributed by atoms with Gasteiger partial charge in [-0.15, -0.1) is 0 Å². The van der Waals surface area contributed by atoms with Crippen LogP contribution in [0, 0.1) is 12.8 Å². The minimum Gasteiger partial charge on any atom is -0.381 e. The van der Waals surface area contributed by atoms with Crippen molar-refractivity contribution in [1.29, 1.82) is 0 Å². The van der Waals surface area contributed by atoms with E-state index in [1.807, 2.05) is 6.20 Å². The molecule has 2 unspecified atom stereocenters. The monoisotopic (exact) mass is 311 g/mol. The van der Waals surface area contributed by atoms with Crippen molar-refractivity contribution in [3.8, 4) is 0 Å². The summed E-state index contributed by atoms with van der Waals surface area (Å²) in [6.45, 7) is 6.78. The molecule has 0 aliphatic carbocycles. The van der Waals surface area contributed by atoms with Crippen LogP contribution in [0.4, 0.5) is 5.69 Å². The number of nitrogens with zero attached hydrogens (tertiary/aromatic N) is 2. The summed E-state index contributed by atoms with van der Waals surface area (Å²) in [6, 6.07) is 2.65. The summed E-state index contributed by atoms with van der Waals surface area (Å²) in [5.74, 6) is 0.729. The zero-order valence-electron chi connectivity index (χ0n) is 11.4. The number of hydrogen-bond donors (Lipinski definition) is 1. The van der Waals surface area contributed by atoms with Gasteiger partial charge in [0.15, 0.2) is 0 Å². The van der Waals surface area contributed by atoms with Crippen LogP contribution in [0.25, 0.3) is 0 Å². The highest BCUT2D eigenvalue weighted by molar-refractivity contribution is 9.10. The third-order valence-corrected chi connectivity index (χ3v) is 4.61. The lowest BCUT2D eigenvalue weighted by Gasteiger charge is -2.34. The lowest BCUT2D eigenvalue weighted by atomic mass is 9.92. The number of aryl methyl sites for hydroxylation is 1. The van der Waals surface area contributed by atoms with E-state index in [1.165, 1.54) is 31.5 Å². The van der Waals surface area contributed by atoms with Gasteiger partial charge in [-0.2, -0.15) is 0 Å². The first-order valence-electron chi connectivity index (χ1n) is 6.63. The summed E-state index contributed by atoms with van der Waals surface area (Å²) in [4.78, 5) is 6.76. The Morgan fingerprint density at radius 1 is 1.56 bits per heavy atom. The predicted molar refractivity (Wildman–Crippen MR) is 80.0 cm³/mol. The second kappa shape index (κ2) is 6.02. The van der Waals surface area contributed by atoms with Gasteiger partial charge in [0, 0.05) is 12.6 Å². The van der Waals surface area contributed by atoms with Crippen molar-refractivity contribution < 1.29 is 0 Å². The van der Waals surface area contributed by atoms with E-state index in [9.17, 15) is 0 Å². The molecule has 4 heteroatoms. The highest BCUT2D eigenvalue weighted by Gasteiger charge is 2.22. The summed E-state index contributed by atoms with van der Waals surface area (Å²) in [5, 5.41) is 3.59. The average Bonchev–Trinajstić information content (AvgIpc) is 2.34. The van der Waals surface area contributed by atoms with Crippen LogP contribution in [0.1, 0.15) is 25.3 Å². The molecule has 2 atom stereocenters. The van der Waals surface area contributed by atoms with Crippen molar-refractivity contribution in [3.05, 3.63) is 22.4 Å². The molecule has 0 aromatic carbocycles. The molecule has 1 aliphatic heterocycles. The van der Waals surface area contributed by atoms with E-state index in [4.69, 9.17) is 0 Å². The van der Waals surface area contributed by atoms with Crippen LogP contribution in [-0.4, -0.2) is 36.1 Å². The van der Waals surface area contributed by atoms with E-state index >= 15 is 0 Å². The summed E-state index contributed by atoms with van der Waals surface area (Å²) >= 11 is 3.43. The van der Waals surface area contributed by atoms with E-state index in [0.717, 1.165) is 16.2 Å². The quantitative estimate of drug-likeness (QED) is 0.868. The Kier molecular flexibility index (Phi) is 4.62. The van der Waals surface area contributed by atoms with Crippen LogP contribution in [0.15, 0.2) is 16.9 Å². The molecule has 0 saturated carbocycles. The number of halogens is 1. The van der Waals surface area contributed by atoms with Crippen LogP contribution in [0.2, 0.25) is 0 Å². The predicted octanol–water partition coefficient (Wildman–Crippen LogP) is 3.29. The fraction of sp³-hybridized carbons (Fsp3) is 0.643. The molecular weight excluding hydrogens is 290 g/mol. The molecule has 1 aromatic rings. The first kappa shape index (κ1) is 13.8. The number of nitrogens with one attached hydrogen (secondary N) is 1. The minimum absolute atomic E-state index is 0.495. The standard InChI is InChI=1S/C14H22BrN3/c1-10-7-13(8-16-14(10)15)17-11(2)12-5-4-6-18(3)9-12/h7-8,11-12,17H,4-6,9H2,1-3H3. The zero-order valence-corrected chi connectivity index (χ0v) is 13.0. The molecule has 1 fully saturated rings. The van der Waals surface area contributed by atoms with E-state index in [0.29, 0.717) is 6.04 Å². The van der Waals surface area contributed by atoms with Crippen molar-refractivity contribution in [3.63, 3.8) is 0 Å². The lowest BCUT2D eigenvalue weighted by molar-refractivity contribution is 0.197. The van der Waals surface area contributed by atoms with Gasteiger partial charge in [0.05, 0.1) is 11.9 Å². The van der Waals surface area contributed by atoms with Crippen molar-refractivity contribution in [2.45, 2.75) is 32.7 Å². The Labute approximate surface area is 118 Å². The van der Waals surface area contributed by atoms with Gasteiger partial charge >= 0.3 is 0 Å². The van der Waals surface area contributed by atoms with E-state index in [1.54, 1.807) is 0 Å². The topological polar surface area (TPSA) is 28.2 Å². The van der Waals surface area contributed by atoms with Gasteiger partial charge in [0.25, 0.3) is 0 Å². The number of pyridine rings is 1.